The molecular weight excluding hydrogens is 572 g/mol. The van der Waals surface area contributed by atoms with E-state index in [2.05, 4.69) is 20.1 Å². The fraction of sp³-hybridized carbons (Fsp3) is 0.200. The van der Waals surface area contributed by atoms with Crippen LogP contribution >= 0.6 is 0 Å². The molecule has 0 saturated heterocycles. The number of nitriles is 2. The minimum Gasteiger partial charge on any atom is -0.358 e. The second-order valence-corrected chi connectivity index (χ2v) is 7.89. The molecule has 4 aromatic rings. The van der Waals surface area contributed by atoms with E-state index in [1.165, 1.54) is 0 Å². The standard InChI is InChI=1S/C20H9F6N11O4/c21-19(22,23)11-3-10(4-12(5-11)20(24,25)26)15-30-9-35(32-15)16-18(37(40)41)34(8-31-16)13(6-28)14-17(36(38)39)33(2-1-27)7-29-14/h3-5,7-9,13H,2H2. The lowest BCUT2D eigenvalue weighted by Gasteiger charge is -2.13. The third-order valence-electron chi connectivity index (χ3n) is 5.39. The molecule has 15 nitrogen and oxygen atoms in total. The van der Waals surface area contributed by atoms with E-state index in [1.807, 2.05) is 0 Å². The van der Waals surface area contributed by atoms with Gasteiger partial charge in [-0.15, -0.1) is 5.10 Å². The normalized spacial score (nSPS) is 12.5. The van der Waals surface area contributed by atoms with E-state index in [-0.39, 0.29) is 6.07 Å². The first kappa shape index (κ1) is 28.2. The molecule has 0 saturated carbocycles. The molecule has 3 aromatic heterocycles. The molecule has 41 heavy (non-hydrogen) atoms. The summed E-state index contributed by atoms with van der Waals surface area (Å²) in [4.78, 5) is 32.7. The Kier molecular flexibility index (Phi) is 6.89. The quantitative estimate of drug-likeness (QED) is 0.175. The summed E-state index contributed by atoms with van der Waals surface area (Å²) >= 11 is 0. The number of imidazole rings is 2. The van der Waals surface area contributed by atoms with Gasteiger partial charge >= 0.3 is 24.0 Å². The van der Waals surface area contributed by atoms with Crippen LogP contribution in [0.2, 0.25) is 0 Å². The minimum atomic E-state index is -5.16. The summed E-state index contributed by atoms with van der Waals surface area (Å²) in [6, 6.07) is 2.03. The summed E-state index contributed by atoms with van der Waals surface area (Å²) in [5.74, 6) is -3.18. The predicted octanol–water partition coefficient (Wildman–Crippen LogP) is 3.82. The average molecular weight is 581 g/mol. The zero-order valence-electron chi connectivity index (χ0n) is 19.6. The molecule has 1 atom stereocenters. The van der Waals surface area contributed by atoms with Gasteiger partial charge in [0.1, 0.15) is 18.5 Å². The maximum absolute atomic E-state index is 13.2. The first-order valence-corrected chi connectivity index (χ1v) is 10.6. The smallest absolute Gasteiger partial charge is 0.358 e. The van der Waals surface area contributed by atoms with Crippen molar-refractivity contribution >= 4 is 11.6 Å². The maximum atomic E-state index is 13.2. The first-order valence-electron chi connectivity index (χ1n) is 10.6. The van der Waals surface area contributed by atoms with Gasteiger partial charge in [0.25, 0.3) is 5.82 Å². The molecule has 0 aliphatic carbocycles. The third kappa shape index (κ3) is 5.23. The van der Waals surface area contributed by atoms with Crippen molar-refractivity contribution < 1.29 is 36.2 Å². The molecule has 3 heterocycles. The second-order valence-electron chi connectivity index (χ2n) is 7.89. The summed E-state index contributed by atoms with van der Waals surface area (Å²) < 4.78 is 81.4. The minimum absolute atomic E-state index is 0.105. The maximum Gasteiger partial charge on any atom is 0.416 e. The van der Waals surface area contributed by atoms with Crippen molar-refractivity contribution in [2.24, 2.45) is 0 Å². The van der Waals surface area contributed by atoms with E-state index in [0.717, 1.165) is 17.2 Å². The molecule has 0 N–H and O–H groups in total. The number of halogens is 6. The van der Waals surface area contributed by atoms with Crippen LogP contribution in [0.3, 0.4) is 0 Å². The molecule has 0 amide bonds. The highest BCUT2D eigenvalue weighted by Gasteiger charge is 2.39. The topological polar surface area (TPSA) is 200 Å². The number of hydrogen-bond acceptors (Lipinski definition) is 10. The fourth-order valence-electron chi connectivity index (χ4n) is 3.68. The Morgan fingerprint density at radius 1 is 0.878 bits per heavy atom. The van der Waals surface area contributed by atoms with Crippen molar-refractivity contribution in [3.8, 4) is 29.3 Å². The van der Waals surface area contributed by atoms with Crippen LogP contribution in [0.15, 0.2) is 37.2 Å². The molecule has 21 heteroatoms. The van der Waals surface area contributed by atoms with Gasteiger partial charge in [-0.05, 0) is 28.0 Å². The Labute approximate surface area is 221 Å². The molecule has 1 aromatic carbocycles. The largest absolute Gasteiger partial charge is 0.416 e. The van der Waals surface area contributed by atoms with Crippen LogP contribution in [-0.4, -0.2) is 43.7 Å². The number of nitrogens with zero attached hydrogens (tertiary/aromatic N) is 11. The van der Waals surface area contributed by atoms with Crippen molar-refractivity contribution in [1.29, 1.82) is 10.5 Å². The van der Waals surface area contributed by atoms with Crippen molar-refractivity contribution in [3.63, 3.8) is 0 Å². The van der Waals surface area contributed by atoms with Gasteiger partial charge in [0.15, 0.2) is 30.7 Å². The molecule has 4 rings (SSSR count). The van der Waals surface area contributed by atoms with E-state index < -0.39 is 80.4 Å². The van der Waals surface area contributed by atoms with Gasteiger partial charge < -0.3 is 20.2 Å². The molecular formula is C20H9F6N11O4. The monoisotopic (exact) mass is 581 g/mol. The molecule has 1 unspecified atom stereocenters. The van der Waals surface area contributed by atoms with Crippen molar-refractivity contribution in [2.75, 3.05) is 0 Å². The Morgan fingerprint density at radius 2 is 1.49 bits per heavy atom. The van der Waals surface area contributed by atoms with Crippen molar-refractivity contribution in [1.82, 2.24) is 33.9 Å². The van der Waals surface area contributed by atoms with Crippen LogP contribution in [0.5, 0.6) is 0 Å². The lowest BCUT2D eigenvalue weighted by Crippen LogP contribution is -2.14. The average Bonchev–Trinajstić information content (AvgIpc) is 3.62. The second kappa shape index (κ2) is 10.0. The summed E-state index contributed by atoms with van der Waals surface area (Å²) in [7, 11) is 0. The Morgan fingerprint density at radius 3 is 2.00 bits per heavy atom. The van der Waals surface area contributed by atoms with Gasteiger partial charge in [0, 0.05) is 5.56 Å². The van der Waals surface area contributed by atoms with Crippen LogP contribution in [0, 0.1) is 42.9 Å². The number of aromatic nitrogens is 7. The van der Waals surface area contributed by atoms with E-state index in [9.17, 15) is 51.8 Å². The summed E-state index contributed by atoms with van der Waals surface area (Å²) in [5, 5.41) is 45.9. The molecule has 0 aliphatic heterocycles. The first-order chi connectivity index (χ1) is 19.2. The van der Waals surface area contributed by atoms with Crippen LogP contribution < -0.4 is 0 Å². The van der Waals surface area contributed by atoms with Gasteiger partial charge in [-0.3, -0.25) is 0 Å². The lowest BCUT2D eigenvalue weighted by atomic mass is 10.0. The molecule has 0 radical (unpaired) electrons. The zero-order valence-corrected chi connectivity index (χ0v) is 19.6. The van der Waals surface area contributed by atoms with Crippen LogP contribution in [0.1, 0.15) is 22.9 Å². The summed E-state index contributed by atoms with van der Waals surface area (Å²) in [5.41, 5.74) is -4.60. The summed E-state index contributed by atoms with van der Waals surface area (Å²) in [6.07, 6.45) is -8.01. The highest BCUT2D eigenvalue weighted by Crippen LogP contribution is 2.38. The Hall–Kier alpha value is -5.86. The SMILES string of the molecule is N#CCn1cnc(C(C#N)n2cnc(-n3cnc(-c4cc(C(F)(F)F)cc(C(F)(F)F)c4)n3)c2[N+](=O)[O-])c1[N+](=O)[O-]. The Balaban J connectivity index is 1.83. The van der Waals surface area contributed by atoms with Gasteiger partial charge in [-0.2, -0.15) is 55.7 Å². The zero-order chi connectivity index (χ0) is 30.3. The van der Waals surface area contributed by atoms with E-state index in [1.54, 1.807) is 12.1 Å². The molecule has 0 spiro atoms. The van der Waals surface area contributed by atoms with Crippen molar-refractivity contribution in [3.05, 3.63) is 74.2 Å². The van der Waals surface area contributed by atoms with E-state index >= 15 is 0 Å². The van der Waals surface area contributed by atoms with E-state index in [4.69, 9.17) is 5.26 Å². The Bertz CT molecular complexity index is 1720. The number of nitro groups is 2. The van der Waals surface area contributed by atoms with Gasteiger partial charge in [-0.1, -0.05) is 0 Å². The van der Waals surface area contributed by atoms with Gasteiger partial charge in [0.2, 0.25) is 6.04 Å². The third-order valence-corrected chi connectivity index (χ3v) is 5.39. The van der Waals surface area contributed by atoms with Gasteiger partial charge in [0.05, 0.1) is 11.1 Å². The molecule has 210 valence electrons. The highest BCUT2D eigenvalue weighted by molar-refractivity contribution is 5.59. The number of hydrogen-bond donors (Lipinski definition) is 0. The molecule has 0 bridgehead atoms. The van der Waals surface area contributed by atoms with Crippen LogP contribution in [0.4, 0.5) is 38.0 Å². The number of alkyl halides is 6. The summed E-state index contributed by atoms with van der Waals surface area (Å²) in [6.45, 7) is -0.536. The van der Waals surface area contributed by atoms with E-state index in [0.29, 0.717) is 27.7 Å². The highest BCUT2D eigenvalue weighted by atomic mass is 19.4. The van der Waals surface area contributed by atoms with Crippen molar-refractivity contribution in [2.45, 2.75) is 24.9 Å². The molecule has 0 aliphatic rings. The van der Waals surface area contributed by atoms with Crippen LogP contribution in [-0.2, 0) is 18.9 Å². The lowest BCUT2D eigenvalue weighted by molar-refractivity contribution is -0.394. The van der Waals surface area contributed by atoms with Gasteiger partial charge in [-0.25, -0.2) is 9.97 Å². The number of benzene rings is 1. The predicted molar refractivity (Wildman–Crippen MR) is 117 cm³/mol. The van der Waals surface area contributed by atoms with Crippen LogP contribution in [0.25, 0.3) is 17.2 Å². The fourth-order valence-corrected chi connectivity index (χ4v) is 3.68. The number of rotatable bonds is 7. The molecule has 0 fully saturated rings.